The molecule has 0 saturated heterocycles. The number of aryl methyl sites for hydroxylation is 1. The maximum Gasteiger partial charge on any atom is 0.392 e. The van der Waals surface area contributed by atoms with E-state index in [4.69, 9.17) is 9.52 Å². The van der Waals surface area contributed by atoms with Crippen LogP contribution in [-0.2, 0) is 0 Å². The number of hydrogen-bond donors (Lipinski definition) is 1. The minimum Gasteiger partial charge on any atom is -0.475 e. The number of hydrogen-bond acceptors (Lipinski definition) is 5. The first-order valence-corrected chi connectivity index (χ1v) is 5.43. The zero-order valence-corrected chi connectivity index (χ0v) is 10.2. The van der Waals surface area contributed by atoms with Gasteiger partial charge in [0, 0.05) is 0 Å². The molecule has 0 radical (unpaired) electrons. The van der Waals surface area contributed by atoms with E-state index in [0.29, 0.717) is 11.3 Å². The van der Waals surface area contributed by atoms with E-state index in [9.17, 15) is 14.9 Å². The second-order valence-corrected chi connectivity index (χ2v) is 4.06. The van der Waals surface area contributed by atoms with Crippen molar-refractivity contribution in [2.45, 2.75) is 19.9 Å². The van der Waals surface area contributed by atoms with E-state index in [1.807, 2.05) is 0 Å². The standard InChI is InChI=1S/C11H11N3O5/c1-6-5-13(12-10(6)14(17)18)7(2)8-3-4-9(19-8)11(15)16/h3-5,7H,1-2H3,(H,15,16). The summed E-state index contributed by atoms with van der Waals surface area (Å²) in [5, 5.41) is 23.3. The fraction of sp³-hybridized carbons (Fsp3) is 0.273. The van der Waals surface area contributed by atoms with Gasteiger partial charge in [-0.05, 0) is 30.9 Å². The summed E-state index contributed by atoms with van der Waals surface area (Å²) in [7, 11) is 0. The average Bonchev–Trinajstić information content (AvgIpc) is 2.94. The van der Waals surface area contributed by atoms with Crippen molar-refractivity contribution in [1.29, 1.82) is 0 Å². The van der Waals surface area contributed by atoms with Crippen molar-refractivity contribution in [3.8, 4) is 0 Å². The maximum atomic E-state index is 10.7. The van der Waals surface area contributed by atoms with Crippen LogP contribution in [0.4, 0.5) is 5.82 Å². The molecular formula is C11H11N3O5. The SMILES string of the molecule is Cc1cn(C(C)c2ccc(C(=O)O)o2)nc1[N+](=O)[O-]. The molecule has 1 atom stereocenters. The van der Waals surface area contributed by atoms with E-state index in [-0.39, 0.29) is 11.6 Å². The number of furan rings is 1. The molecule has 2 rings (SSSR count). The van der Waals surface area contributed by atoms with Crippen molar-refractivity contribution in [1.82, 2.24) is 9.78 Å². The van der Waals surface area contributed by atoms with Gasteiger partial charge in [0.25, 0.3) is 0 Å². The molecule has 2 aromatic rings. The van der Waals surface area contributed by atoms with E-state index in [0.717, 1.165) is 0 Å². The number of aromatic carboxylic acids is 1. The summed E-state index contributed by atoms with van der Waals surface area (Å²) in [5.41, 5.74) is 0.432. The molecule has 0 saturated carbocycles. The van der Waals surface area contributed by atoms with Crippen molar-refractivity contribution in [2.24, 2.45) is 0 Å². The number of carbonyl (C=O) groups is 1. The van der Waals surface area contributed by atoms with E-state index >= 15 is 0 Å². The predicted octanol–water partition coefficient (Wildman–Crippen LogP) is 2.00. The number of rotatable bonds is 4. The Morgan fingerprint density at radius 3 is 2.74 bits per heavy atom. The molecule has 8 nitrogen and oxygen atoms in total. The topological polar surface area (TPSA) is 111 Å². The van der Waals surface area contributed by atoms with Crippen LogP contribution in [0.1, 0.15) is 34.8 Å². The molecule has 8 heteroatoms. The van der Waals surface area contributed by atoms with Crippen molar-refractivity contribution in [3.05, 3.63) is 45.5 Å². The minimum absolute atomic E-state index is 0.180. The average molecular weight is 265 g/mol. The van der Waals surface area contributed by atoms with Gasteiger partial charge in [0.1, 0.15) is 11.8 Å². The first-order valence-electron chi connectivity index (χ1n) is 5.43. The van der Waals surface area contributed by atoms with Gasteiger partial charge in [0.2, 0.25) is 5.76 Å². The molecular weight excluding hydrogens is 254 g/mol. The summed E-state index contributed by atoms with van der Waals surface area (Å²) in [6.45, 7) is 3.29. The molecule has 0 spiro atoms. The van der Waals surface area contributed by atoms with Gasteiger partial charge in [-0.25, -0.2) is 4.79 Å². The van der Waals surface area contributed by atoms with Gasteiger partial charge in [-0.3, -0.25) is 0 Å². The van der Waals surface area contributed by atoms with Gasteiger partial charge in [0.05, 0.1) is 16.9 Å². The number of nitro groups is 1. The third-order valence-corrected chi connectivity index (χ3v) is 2.71. The van der Waals surface area contributed by atoms with Crippen molar-refractivity contribution in [3.63, 3.8) is 0 Å². The molecule has 0 fully saturated rings. The van der Waals surface area contributed by atoms with Crippen LogP contribution in [-0.4, -0.2) is 25.8 Å². The Bertz CT molecular complexity index is 643. The summed E-state index contributed by atoms with van der Waals surface area (Å²) in [6, 6.07) is 2.41. The van der Waals surface area contributed by atoms with Gasteiger partial charge in [-0.2, -0.15) is 4.68 Å². The van der Waals surface area contributed by atoms with Crippen LogP contribution in [0.25, 0.3) is 0 Å². The lowest BCUT2D eigenvalue weighted by atomic mass is 10.2. The fourth-order valence-electron chi connectivity index (χ4n) is 1.67. The van der Waals surface area contributed by atoms with E-state index < -0.39 is 16.9 Å². The van der Waals surface area contributed by atoms with Gasteiger partial charge in [-0.1, -0.05) is 0 Å². The highest BCUT2D eigenvalue weighted by Crippen LogP contribution is 2.23. The Hall–Kier alpha value is -2.64. The number of carboxylic acid groups (broad SMARTS) is 1. The lowest BCUT2D eigenvalue weighted by Gasteiger charge is -2.04. The largest absolute Gasteiger partial charge is 0.475 e. The summed E-state index contributed by atoms with van der Waals surface area (Å²) < 4.78 is 6.51. The Balaban J connectivity index is 2.32. The van der Waals surface area contributed by atoms with Crippen molar-refractivity contribution in [2.75, 3.05) is 0 Å². The smallest absolute Gasteiger partial charge is 0.392 e. The molecule has 0 amide bonds. The summed E-state index contributed by atoms with van der Waals surface area (Å²) in [4.78, 5) is 20.9. The van der Waals surface area contributed by atoms with Crippen LogP contribution >= 0.6 is 0 Å². The van der Waals surface area contributed by atoms with Gasteiger partial charge >= 0.3 is 11.8 Å². The molecule has 0 bridgehead atoms. The lowest BCUT2D eigenvalue weighted by Crippen LogP contribution is -2.07. The normalized spacial score (nSPS) is 12.3. The monoisotopic (exact) mass is 265 g/mol. The highest BCUT2D eigenvalue weighted by molar-refractivity contribution is 5.84. The Kier molecular flexibility index (Phi) is 3.07. The first kappa shape index (κ1) is 12.8. The molecule has 2 heterocycles. The van der Waals surface area contributed by atoms with Crippen LogP contribution in [0.3, 0.4) is 0 Å². The summed E-state index contributed by atoms with van der Waals surface area (Å²) >= 11 is 0. The number of carboxylic acids is 1. The molecule has 0 aliphatic carbocycles. The lowest BCUT2D eigenvalue weighted by molar-refractivity contribution is -0.390. The third-order valence-electron chi connectivity index (χ3n) is 2.71. The van der Waals surface area contributed by atoms with Crippen LogP contribution in [0.15, 0.2) is 22.7 Å². The van der Waals surface area contributed by atoms with Gasteiger partial charge in [0.15, 0.2) is 0 Å². The van der Waals surface area contributed by atoms with Crippen molar-refractivity contribution >= 4 is 11.8 Å². The molecule has 0 aromatic carbocycles. The van der Waals surface area contributed by atoms with Crippen LogP contribution in [0.2, 0.25) is 0 Å². The molecule has 1 unspecified atom stereocenters. The summed E-state index contributed by atoms with van der Waals surface area (Å²) in [6.07, 6.45) is 1.52. The maximum absolute atomic E-state index is 10.7. The van der Waals surface area contributed by atoms with Gasteiger partial charge in [-0.15, -0.1) is 0 Å². The zero-order chi connectivity index (χ0) is 14.2. The molecule has 0 aliphatic rings. The van der Waals surface area contributed by atoms with Crippen LogP contribution < -0.4 is 0 Å². The molecule has 19 heavy (non-hydrogen) atoms. The van der Waals surface area contributed by atoms with E-state index in [1.54, 1.807) is 13.8 Å². The van der Waals surface area contributed by atoms with E-state index in [1.165, 1.54) is 23.0 Å². The molecule has 0 aliphatic heterocycles. The predicted molar refractivity (Wildman–Crippen MR) is 63.1 cm³/mol. The van der Waals surface area contributed by atoms with Gasteiger partial charge < -0.3 is 19.6 Å². The Morgan fingerprint density at radius 2 is 2.26 bits per heavy atom. The van der Waals surface area contributed by atoms with Crippen LogP contribution in [0.5, 0.6) is 0 Å². The highest BCUT2D eigenvalue weighted by Gasteiger charge is 2.23. The first-order chi connectivity index (χ1) is 8.90. The molecule has 100 valence electrons. The quantitative estimate of drug-likeness (QED) is 0.668. The molecule has 2 aromatic heterocycles. The zero-order valence-electron chi connectivity index (χ0n) is 10.2. The second kappa shape index (κ2) is 4.56. The Morgan fingerprint density at radius 1 is 1.58 bits per heavy atom. The number of aromatic nitrogens is 2. The minimum atomic E-state index is -1.17. The number of nitrogens with zero attached hydrogens (tertiary/aromatic N) is 3. The second-order valence-electron chi connectivity index (χ2n) is 4.06. The molecule has 1 N–H and O–H groups in total. The third kappa shape index (κ3) is 2.32. The van der Waals surface area contributed by atoms with Crippen molar-refractivity contribution < 1.29 is 19.2 Å². The van der Waals surface area contributed by atoms with Crippen LogP contribution in [0, 0.1) is 17.0 Å². The van der Waals surface area contributed by atoms with E-state index in [2.05, 4.69) is 5.10 Å². The highest BCUT2D eigenvalue weighted by atomic mass is 16.6. The summed E-state index contributed by atoms with van der Waals surface area (Å²) in [5.74, 6) is -1.20. The Labute approximate surface area is 107 Å². The fourth-order valence-corrected chi connectivity index (χ4v) is 1.67.